The van der Waals surface area contributed by atoms with Crippen LogP contribution in [0.5, 0.6) is 5.75 Å². The lowest BCUT2D eigenvalue weighted by atomic mass is 9.86. The van der Waals surface area contributed by atoms with Crippen LogP contribution in [0.1, 0.15) is 0 Å². The fourth-order valence-electron chi connectivity index (χ4n) is 2.63. The average Bonchev–Trinajstić information content (AvgIpc) is 3.01. The van der Waals surface area contributed by atoms with E-state index in [0.29, 0.717) is 13.2 Å². The van der Waals surface area contributed by atoms with Gasteiger partial charge in [-0.15, -0.1) is 0 Å². The van der Waals surface area contributed by atoms with E-state index in [9.17, 15) is 5.11 Å². The molecule has 1 aromatic carbocycles. The summed E-state index contributed by atoms with van der Waals surface area (Å²) < 4.78 is 10.4. The Labute approximate surface area is 129 Å². The zero-order valence-electron chi connectivity index (χ0n) is 12.9. The maximum Gasteiger partial charge on any atom is 0.150 e. The predicted octanol–water partition coefficient (Wildman–Crippen LogP) is 1.53. The zero-order valence-corrected chi connectivity index (χ0v) is 12.9. The molecule has 0 atom stereocenters. The summed E-state index contributed by atoms with van der Waals surface area (Å²) in [7, 11) is 3.63. The number of H-pyrrole nitrogens is 1. The van der Waals surface area contributed by atoms with E-state index in [2.05, 4.69) is 10.2 Å². The number of hydrogen-bond donors (Lipinski definition) is 2. The number of aliphatic hydroxyl groups excluding tert-OH is 1. The molecule has 0 saturated carbocycles. The summed E-state index contributed by atoms with van der Waals surface area (Å²) in [5.74, 6) is 1.68. The second-order valence-electron chi connectivity index (χ2n) is 5.88. The predicted molar refractivity (Wildman–Crippen MR) is 84.2 cm³/mol. The lowest BCUT2D eigenvalue weighted by Gasteiger charge is -2.42. The molecule has 2 heterocycles. The molecule has 3 rings (SSSR count). The molecule has 6 heteroatoms. The Hall–Kier alpha value is -2.05. The Morgan fingerprint density at radius 1 is 1.36 bits per heavy atom. The maximum absolute atomic E-state index is 9.52. The third-order valence-corrected chi connectivity index (χ3v) is 4.08. The molecular formula is C16H21N3O3. The van der Waals surface area contributed by atoms with Crippen molar-refractivity contribution in [3.63, 3.8) is 0 Å². The first-order valence-corrected chi connectivity index (χ1v) is 7.25. The minimum atomic E-state index is -0.159. The summed E-state index contributed by atoms with van der Waals surface area (Å²) in [5, 5.41) is 16.9. The third-order valence-electron chi connectivity index (χ3n) is 4.08. The van der Waals surface area contributed by atoms with Gasteiger partial charge in [0.1, 0.15) is 5.75 Å². The number of hydrogen-bond acceptors (Lipinski definition) is 5. The fraction of sp³-hybridized carbons (Fsp3) is 0.438. The second-order valence-corrected chi connectivity index (χ2v) is 5.88. The van der Waals surface area contributed by atoms with Crippen molar-refractivity contribution >= 4 is 5.82 Å². The first kappa shape index (κ1) is 14.9. The number of benzene rings is 1. The van der Waals surface area contributed by atoms with Gasteiger partial charge in [-0.1, -0.05) is 0 Å². The Morgan fingerprint density at radius 3 is 2.64 bits per heavy atom. The molecule has 1 aliphatic rings. The summed E-state index contributed by atoms with van der Waals surface area (Å²) in [5.41, 5.74) is 1.85. The van der Waals surface area contributed by atoms with Crippen LogP contribution in [0.15, 0.2) is 30.3 Å². The standard InChI is InChI=1S/C16H21N3O3/c1-19(8-16(9-20)10-22-11-16)15-7-14(17-18-15)12-3-5-13(21-2)6-4-12/h3-7,20H,8-11H2,1-2H3,(H,17,18). The second kappa shape index (κ2) is 5.98. The van der Waals surface area contributed by atoms with Crippen molar-refractivity contribution in [3.8, 4) is 17.0 Å². The monoisotopic (exact) mass is 303 g/mol. The van der Waals surface area contributed by atoms with E-state index in [4.69, 9.17) is 9.47 Å². The lowest BCUT2D eigenvalue weighted by Crippen LogP contribution is -2.52. The van der Waals surface area contributed by atoms with Crippen LogP contribution in [0, 0.1) is 5.41 Å². The number of aromatic amines is 1. The van der Waals surface area contributed by atoms with Crippen molar-refractivity contribution in [2.75, 3.05) is 45.4 Å². The van der Waals surface area contributed by atoms with Crippen molar-refractivity contribution < 1.29 is 14.6 Å². The molecule has 0 aliphatic carbocycles. The summed E-state index contributed by atoms with van der Waals surface area (Å²) in [6, 6.07) is 9.83. The molecule has 22 heavy (non-hydrogen) atoms. The molecule has 2 aromatic rings. The van der Waals surface area contributed by atoms with Crippen molar-refractivity contribution in [1.29, 1.82) is 0 Å². The van der Waals surface area contributed by atoms with Crippen molar-refractivity contribution in [2.45, 2.75) is 0 Å². The Balaban J connectivity index is 1.72. The molecule has 1 fully saturated rings. The average molecular weight is 303 g/mol. The van der Waals surface area contributed by atoms with Crippen LogP contribution in [0.4, 0.5) is 5.82 Å². The van der Waals surface area contributed by atoms with Gasteiger partial charge in [-0.2, -0.15) is 5.10 Å². The van der Waals surface area contributed by atoms with Crippen molar-refractivity contribution in [1.82, 2.24) is 10.2 Å². The van der Waals surface area contributed by atoms with E-state index in [-0.39, 0.29) is 12.0 Å². The Kier molecular flexibility index (Phi) is 4.04. The fourth-order valence-corrected chi connectivity index (χ4v) is 2.63. The highest BCUT2D eigenvalue weighted by molar-refractivity contribution is 5.63. The van der Waals surface area contributed by atoms with Gasteiger partial charge in [-0.05, 0) is 29.8 Å². The first-order valence-electron chi connectivity index (χ1n) is 7.25. The number of rotatable bonds is 6. The van der Waals surface area contributed by atoms with Gasteiger partial charge >= 0.3 is 0 Å². The van der Waals surface area contributed by atoms with Gasteiger partial charge in [-0.25, -0.2) is 0 Å². The highest BCUT2D eigenvalue weighted by Crippen LogP contribution is 2.30. The molecule has 1 aromatic heterocycles. The molecule has 1 aliphatic heterocycles. The van der Waals surface area contributed by atoms with Gasteiger partial charge in [0.2, 0.25) is 0 Å². The van der Waals surface area contributed by atoms with E-state index in [1.165, 1.54) is 0 Å². The lowest BCUT2D eigenvalue weighted by molar-refractivity contribution is -0.130. The minimum absolute atomic E-state index is 0.132. The van der Waals surface area contributed by atoms with E-state index in [1.54, 1.807) is 7.11 Å². The van der Waals surface area contributed by atoms with E-state index < -0.39 is 0 Å². The number of anilines is 1. The van der Waals surface area contributed by atoms with Crippen LogP contribution in [0.25, 0.3) is 11.3 Å². The normalized spacial score (nSPS) is 16.1. The molecule has 2 N–H and O–H groups in total. The zero-order chi connectivity index (χ0) is 15.6. The van der Waals surface area contributed by atoms with Gasteiger partial charge in [-0.3, -0.25) is 5.10 Å². The summed E-state index contributed by atoms with van der Waals surface area (Å²) >= 11 is 0. The molecule has 0 bridgehead atoms. The van der Waals surface area contributed by atoms with E-state index in [1.807, 2.05) is 42.3 Å². The largest absolute Gasteiger partial charge is 0.497 e. The van der Waals surface area contributed by atoms with Gasteiger partial charge in [0.25, 0.3) is 0 Å². The molecule has 0 radical (unpaired) electrons. The van der Waals surface area contributed by atoms with Crippen molar-refractivity contribution in [3.05, 3.63) is 30.3 Å². The van der Waals surface area contributed by atoms with Crippen molar-refractivity contribution in [2.24, 2.45) is 5.41 Å². The number of ether oxygens (including phenoxy) is 2. The molecule has 0 amide bonds. The summed E-state index contributed by atoms with van der Waals surface area (Å²) in [6.07, 6.45) is 0. The summed E-state index contributed by atoms with van der Waals surface area (Å²) in [6.45, 7) is 2.05. The Bertz CT molecular complexity index is 614. The number of methoxy groups -OCH3 is 1. The van der Waals surface area contributed by atoms with Crippen LogP contribution in [-0.4, -0.2) is 55.8 Å². The van der Waals surface area contributed by atoms with Gasteiger partial charge in [0.15, 0.2) is 5.82 Å². The maximum atomic E-state index is 9.52. The molecule has 0 spiro atoms. The minimum Gasteiger partial charge on any atom is -0.497 e. The third kappa shape index (κ3) is 2.80. The molecule has 0 unspecified atom stereocenters. The highest BCUT2D eigenvalue weighted by atomic mass is 16.5. The SMILES string of the molecule is COc1ccc(-c2cc(N(C)CC3(CO)COC3)n[nH]2)cc1. The van der Waals surface area contributed by atoms with Crippen LogP contribution in [0.2, 0.25) is 0 Å². The van der Waals surface area contributed by atoms with E-state index in [0.717, 1.165) is 29.4 Å². The molecule has 1 saturated heterocycles. The Morgan fingerprint density at radius 2 is 2.09 bits per heavy atom. The van der Waals surface area contributed by atoms with Gasteiger partial charge in [0, 0.05) is 19.7 Å². The summed E-state index contributed by atoms with van der Waals surface area (Å²) in [4.78, 5) is 2.04. The van der Waals surface area contributed by atoms with E-state index >= 15 is 0 Å². The van der Waals surface area contributed by atoms with Gasteiger partial charge in [0.05, 0.1) is 38.0 Å². The van der Waals surface area contributed by atoms with Gasteiger partial charge < -0.3 is 19.5 Å². The van der Waals surface area contributed by atoms with Crippen LogP contribution in [0.3, 0.4) is 0 Å². The van der Waals surface area contributed by atoms with Crippen LogP contribution in [-0.2, 0) is 4.74 Å². The van der Waals surface area contributed by atoms with Crippen LogP contribution >= 0.6 is 0 Å². The highest BCUT2D eigenvalue weighted by Gasteiger charge is 2.39. The topological polar surface area (TPSA) is 70.6 Å². The molecule has 6 nitrogen and oxygen atoms in total. The quantitative estimate of drug-likeness (QED) is 0.847. The smallest absolute Gasteiger partial charge is 0.150 e. The molecular weight excluding hydrogens is 282 g/mol. The number of nitrogens with one attached hydrogen (secondary N) is 1. The number of aliphatic hydroxyl groups is 1. The number of nitrogens with zero attached hydrogens (tertiary/aromatic N) is 2. The van der Waals surface area contributed by atoms with Crippen LogP contribution < -0.4 is 9.64 Å². The molecule has 118 valence electrons. The number of aromatic nitrogens is 2. The first-order chi connectivity index (χ1) is 10.7.